The first-order valence-corrected chi connectivity index (χ1v) is 9.61. The van der Waals surface area contributed by atoms with Gasteiger partial charge in [0.25, 0.3) is 11.6 Å². The number of nitrogens with zero attached hydrogens (tertiary/aromatic N) is 4. The van der Waals surface area contributed by atoms with E-state index < -0.39 is 4.92 Å². The molecule has 2 saturated heterocycles. The SMILES string of the molecule is CC(=O)N1CCN(c2ccc(C(=O)N3CC(CN)CC3C)cc2[N+](=O)[O-])CC1.Cl. The van der Waals surface area contributed by atoms with Gasteiger partial charge < -0.3 is 20.4 Å². The normalized spacial score (nSPS) is 21.7. The summed E-state index contributed by atoms with van der Waals surface area (Å²) in [6, 6.07) is 4.75. The molecule has 2 amide bonds. The van der Waals surface area contributed by atoms with E-state index in [-0.39, 0.29) is 41.9 Å². The number of benzene rings is 1. The minimum Gasteiger partial charge on any atom is -0.362 e. The number of halogens is 1. The number of carbonyl (C=O) groups is 2. The van der Waals surface area contributed by atoms with Crippen molar-refractivity contribution >= 4 is 35.6 Å². The molecule has 2 atom stereocenters. The van der Waals surface area contributed by atoms with Gasteiger partial charge in [-0.05, 0) is 37.9 Å². The smallest absolute Gasteiger partial charge is 0.293 e. The van der Waals surface area contributed by atoms with Crippen molar-refractivity contribution in [3.63, 3.8) is 0 Å². The number of nitrogens with two attached hydrogens (primary N) is 1. The molecule has 2 aliphatic rings. The summed E-state index contributed by atoms with van der Waals surface area (Å²) in [5.41, 5.74) is 6.46. The Labute approximate surface area is 176 Å². The Balaban J connectivity index is 0.00000300. The third-order valence-electron chi connectivity index (χ3n) is 5.74. The Morgan fingerprint density at radius 2 is 1.90 bits per heavy atom. The molecule has 1 aromatic carbocycles. The molecule has 2 aliphatic heterocycles. The van der Waals surface area contributed by atoms with Crippen LogP contribution in [0.5, 0.6) is 0 Å². The largest absolute Gasteiger partial charge is 0.362 e. The van der Waals surface area contributed by atoms with Gasteiger partial charge in [0.15, 0.2) is 0 Å². The summed E-state index contributed by atoms with van der Waals surface area (Å²) < 4.78 is 0. The van der Waals surface area contributed by atoms with Gasteiger partial charge in [-0.25, -0.2) is 0 Å². The molecule has 3 rings (SSSR count). The van der Waals surface area contributed by atoms with Gasteiger partial charge >= 0.3 is 0 Å². The zero-order valence-electron chi connectivity index (χ0n) is 16.7. The second kappa shape index (κ2) is 9.41. The Morgan fingerprint density at radius 3 is 2.41 bits per heavy atom. The quantitative estimate of drug-likeness (QED) is 0.577. The van der Waals surface area contributed by atoms with E-state index in [9.17, 15) is 19.7 Å². The summed E-state index contributed by atoms with van der Waals surface area (Å²) in [6.07, 6.45) is 0.850. The lowest BCUT2D eigenvalue weighted by Gasteiger charge is -2.35. The summed E-state index contributed by atoms with van der Waals surface area (Å²) >= 11 is 0. The minimum absolute atomic E-state index is 0. The van der Waals surface area contributed by atoms with Crippen molar-refractivity contribution in [2.45, 2.75) is 26.3 Å². The van der Waals surface area contributed by atoms with Crippen LogP contribution in [-0.4, -0.2) is 71.8 Å². The van der Waals surface area contributed by atoms with Gasteiger partial charge in [-0.15, -0.1) is 12.4 Å². The predicted molar refractivity (Wildman–Crippen MR) is 112 cm³/mol. The number of piperazine rings is 1. The van der Waals surface area contributed by atoms with E-state index in [1.54, 1.807) is 21.9 Å². The van der Waals surface area contributed by atoms with Crippen LogP contribution in [0.3, 0.4) is 0 Å². The fourth-order valence-corrected chi connectivity index (χ4v) is 4.09. The summed E-state index contributed by atoms with van der Waals surface area (Å²) in [6.45, 7) is 6.71. The monoisotopic (exact) mass is 425 g/mol. The molecular weight excluding hydrogens is 398 g/mol. The van der Waals surface area contributed by atoms with Crippen molar-refractivity contribution in [1.29, 1.82) is 0 Å². The number of likely N-dealkylation sites (tertiary alicyclic amines) is 1. The van der Waals surface area contributed by atoms with E-state index >= 15 is 0 Å². The van der Waals surface area contributed by atoms with E-state index in [1.807, 2.05) is 11.8 Å². The number of anilines is 1. The molecule has 29 heavy (non-hydrogen) atoms. The van der Waals surface area contributed by atoms with Crippen LogP contribution in [-0.2, 0) is 4.79 Å². The zero-order chi connectivity index (χ0) is 20.4. The molecule has 0 spiro atoms. The van der Waals surface area contributed by atoms with Gasteiger partial charge in [0.05, 0.1) is 4.92 Å². The van der Waals surface area contributed by atoms with Crippen LogP contribution in [0.4, 0.5) is 11.4 Å². The van der Waals surface area contributed by atoms with Crippen molar-refractivity contribution in [3.05, 3.63) is 33.9 Å². The van der Waals surface area contributed by atoms with Crippen LogP contribution in [0.2, 0.25) is 0 Å². The molecule has 0 aromatic heterocycles. The molecule has 2 unspecified atom stereocenters. The second-order valence-corrected chi connectivity index (χ2v) is 7.60. The van der Waals surface area contributed by atoms with E-state index in [2.05, 4.69) is 0 Å². The van der Waals surface area contributed by atoms with Crippen LogP contribution < -0.4 is 10.6 Å². The van der Waals surface area contributed by atoms with Crippen LogP contribution in [0.15, 0.2) is 18.2 Å². The molecule has 2 N–H and O–H groups in total. The minimum atomic E-state index is -0.445. The first-order valence-electron chi connectivity index (χ1n) is 9.61. The molecule has 0 aliphatic carbocycles. The van der Waals surface area contributed by atoms with Gasteiger partial charge in [0.2, 0.25) is 5.91 Å². The second-order valence-electron chi connectivity index (χ2n) is 7.60. The Kier molecular flexibility index (Phi) is 7.43. The average Bonchev–Trinajstić information content (AvgIpc) is 3.07. The fraction of sp³-hybridized carbons (Fsp3) is 0.579. The number of carbonyl (C=O) groups excluding carboxylic acids is 2. The van der Waals surface area contributed by atoms with E-state index in [0.29, 0.717) is 50.5 Å². The molecule has 2 heterocycles. The number of amides is 2. The first-order chi connectivity index (χ1) is 13.3. The lowest BCUT2D eigenvalue weighted by Crippen LogP contribution is -2.48. The molecule has 0 radical (unpaired) electrons. The average molecular weight is 426 g/mol. The highest BCUT2D eigenvalue weighted by molar-refractivity contribution is 5.96. The molecular formula is C19H28ClN5O4. The molecule has 0 bridgehead atoms. The maximum atomic E-state index is 12.9. The highest BCUT2D eigenvalue weighted by Crippen LogP contribution is 2.32. The third kappa shape index (κ3) is 4.79. The fourth-order valence-electron chi connectivity index (χ4n) is 4.09. The molecule has 9 nitrogen and oxygen atoms in total. The van der Waals surface area contributed by atoms with Gasteiger partial charge in [-0.3, -0.25) is 19.7 Å². The maximum Gasteiger partial charge on any atom is 0.293 e. The Morgan fingerprint density at radius 1 is 1.24 bits per heavy atom. The highest BCUT2D eigenvalue weighted by atomic mass is 35.5. The lowest BCUT2D eigenvalue weighted by molar-refractivity contribution is -0.384. The van der Waals surface area contributed by atoms with Crippen molar-refractivity contribution in [3.8, 4) is 0 Å². The molecule has 10 heteroatoms. The molecule has 2 fully saturated rings. The van der Waals surface area contributed by atoms with E-state index in [0.717, 1.165) is 6.42 Å². The van der Waals surface area contributed by atoms with E-state index in [4.69, 9.17) is 5.73 Å². The van der Waals surface area contributed by atoms with Gasteiger partial charge in [-0.2, -0.15) is 0 Å². The van der Waals surface area contributed by atoms with E-state index in [1.165, 1.54) is 13.0 Å². The first kappa shape index (κ1) is 22.9. The van der Waals surface area contributed by atoms with Crippen molar-refractivity contribution in [1.82, 2.24) is 9.80 Å². The summed E-state index contributed by atoms with van der Waals surface area (Å²) in [7, 11) is 0. The number of hydrogen-bond donors (Lipinski definition) is 1. The van der Waals surface area contributed by atoms with Crippen LogP contribution in [0, 0.1) is 16.0 Å². The summed E-state index contributed by atoms with van der Waals surface area (Å²) in [4.78, 5) is 41.0. The van der Waals surface area contributed by atoms with Gasteiger partial charge in [0.1, 0.15) is 5.69 Å². The van der Waals surface area contributed by atoms with Gasteiger partial charge in [-0.1, -0.05) is 0 Å². The number of nitro benzene ring substituents is 1. The van der Waals surface area contributed by atoms with Crippen molar-refractivity contribution in [2.24, 2.45) is 11.7 Å². The Hall–Kier alpha value is -2.39. The number of hydrogen-bond acceptors (Lipinski definition) is 6. The Bertz CT molecular complexity index is 782. The topological polar surface area (TPSA) is 113 Å². The summed E-state index contributed by atoms with van der Waals surface area (Å²) in [5, 5.41) is 11.7. The number of rotatable bonds is 4. The van der Waals surface area contributed by atoms with Crippen LogP contribution in [0.25, 0.3) is 0 Å². The highest BCUT2D eigenvalue weighted by Gasteiger charge is 2.33. The lowest BCUT2D eigenvalue weighted by atomic mass is 10.1. The standard InChI is InChI=1S/C19H27N5O4.ClH/c1-13-9-15(11-20)12-23(13)19(26)16-3-4-17(18(10-16)24(27)28)22-7-5-21(6-8-22)14(2)25;/h3-4,10,13,15H,5-9,11-12,20H2,1-2H3;1H. The molecule has 0 saturated carbocycles. The van der Waals surface area contributed by atoms with Crippen molar-refractivity contribution in [2.75, 3.05) is 44.2 Å². The third-order valence-corrected chi connectivity index (χ3v) is 5.74. The predicted octanol–water partition coefficient (Wildman–Crippen LogP) is 1.49. The zero-order valence-corrected chi connectivity index (χ0v) is 17.6. The molecule has 1 aromatic rings. The van der Waals surface area contributed by atoms with Crippen LogP contribution in [0.1, 0.15) is 30.6 Å². The van der Waals surface area contributed by atoms with Gasteiger partial charge in [0, 0.05) is 57.3 Å². The molecule has 160 valence electrons. The maximum absolute atomic E-state index is 12.9. The summed E-state index contributed by atoms with van der Waals surface area (Å²) in [5.74, 6) is 0.0795. The van der Waals surface area contributed by atoms with Crippen LogP contribution >= 0.6 is 12.4 Å². The number of nitro groups is 1. The van der Waals surface area contributed by atoms with Crippen molar-refractivity contribution < 1.29 is 14.5 Å².